The first-order valence-electron chi connectivity index (χ1n) is 7.28. The van der Waals surface area contributed by atoms with E-state index in [2.05, 4.69) is 65.4 Å². The number of halogens is 1. The van der Waals surface area contributed by atoms with Gasteiger partial charge in [0.15, 0.2) is 0 Å². The van der Waals surface area contributed by atoms with Gasteiger partial charge in [0.1, 0.15) is 5.75 Å². The number of hydrogen-bond donors (Lipinski definition) is 1. The molecule has 0 spiro atoms. The van der Waals surface area contributed by atoms with Crippen LogP contribution in [0.15, 0.2) is 46.9 Å². The standard InChI is InChI=1S/C18H22BrNO/c1-4-8-20-18(14-6-5-7-17(12-14)21-3)15-9-13(2)10-16(19)11-15/h5-7,9-12,18,20H,4,8H2,1-3H3. The molecule has 0 fully saturated rings. The van der Waals surface area contributed by atoms with Crippen molar-refractivity contribution in [2.75, 3.05) is 13.7 Å². The van der Waals surface area contributed by atoms with Crippen molar-refractivity contribution in [1.82, 2.24) is 5.32 Å². The van der Waals surface area contributed by atoms with Gasteiger partial charge in [-0.05, 0) is 60.8 Å². The summed E-state index contributed by atoms with van der Waals surface area (Å²) >= 11 is 3.60. The van der Waals surface area contributed by atoms with Gasteiger partial charge in [0.05, 0.1) is 13.2 Å². The molecule has 2 aromatic rings. The molecule has 1 atom stereocenters. The van der Waals surface area contributed by atoms with E-state index in [1.165, 1.54) is 16.7 Å². The van der Waals surface area contributed by atoms with Crippen LogP contribution in [0.3, 0.4) is 0 Å². The largest absolute Gasteiger partial charge is 0.497 e. The van der Waals surface area contributed by atoms with Crippen molar-refractivity contribution >= 4 is 15.9 Å². The van der Waals surface area contributed by atoms with Crippen LogP contribution in [0.1, 0.15) is 36.1 Å². The average Bonchev–Trinajstić information content (AvgIpc) is 2.47. The minimum Gasteiger partial charge on any atom is -0.497 e. The molecule has 0 radical (unpaired) electrons. The summed E-state index contributed by atoms with van der Waals surface area (Å²) in [5.41, 5.74) is 3.74. The first-order chi connectivity index (χ1) is 10.1. The van der Waals surface area contributed by atoms with Crippen molar-refractivity contribution in [3.8, 4) is 5.75 Å². The van der Waals surface area contributed by atoms with Crippen LogP contribution in [0.25, 0.3) is 0 Å². The molecule has 0 heterocycles. The summed E-state index contributed by atoms with van der Waals surface area (Å²) in [6, 6.07) is 15.0. The summed E-state index contributed by atoms with van der Waals surface area (Å²) in [4.78, 5) is 0. The summed E-state index contributed by atoms with van der Waals surface area (Å²) < 4.78 is 6.47. The fraction of sp³-hybridized carbons (Fsp3) is 0.333. The number of hydrogen-bond acceptors (Lipinski definition) is 2. The summed E-state index contributed by atoms with van der Waals surface area (Å²) in [7, 11) is 1.71. The molecule has 0 amide bonds. The Labute approximate surface area is 135 Å². The highest BCUT2D eigenvalue weighted by Gasteiger charge is 2.15. The second-order valence-electron chi connectivity index (χ2n) is 5.23. The van der Waals surface area contributed by atoms with Crippen molar-refractivity contribution in [2.45, 2.75) is 26.3 Å². The molecule has 0 bridgehead atoms. The maximum Gasteiger partial charge on any atom is 0.119 e. The highest BCUT2D eigenvalue weighted by Crippen LogP contribution is 2.28. The van der Waals surface area contributed by atoms with Crippen LogP contribution in [0, 0.1) is 6.92 Å². The van der Waals surface area contributed by atoms with E-state index in [9.17, 15) is 0 Å². The van der Waals surface area contributed by atoms with Gasteiger partial charge in [0, 0.05) is 4.47 Å². The maximum absolute atomic E-state index is 5.36. The quantitative estimate of drug-likeness (QED) is 0.805. The van der Waals surface area contributed by atoms with E-state index in [4.69, 9.17) is 4.74 Å². The number of benzene rings is 2. The highest BCUT2D eigenvalue weighted by atomic mass is 79.9. The first-order valence-corrected chi connectivity index (χ1v) is 8.07. The molecule has 1 unspecified atom stereocenters. The Morgan fingerprint density at radius 2 is 1.95 bits per heavy atom. The summed E-state index contributed by atoms with van der Waals surface area (Å²) in [5.74, 6) is 0.891. The van der Waals surface area contributed by atoms with Crippen LogP contribution in [-0.4, -0.2) is 13.7 Å². The molecule has 3 heteroatoms. The van der Waals surface area contributed by atoms with Crippen LogP contribution in [0.2, 0.25) is 0 Å². The van der Waals surface area contributed by atoms with E-state index in [1.54, 1.807) is 7.11 Å². The molecule has 2 nitrogen and oxygen atoms in total. The zero-order valence-electron chi connectivity index (χ0n) is 12.8. The Morgan fingerprint density at radius 3 is 2.62 bits per heavy atom. The minimum absolute atomic E-state index is 0.177. The van der Waals surface area contributed by atoms with Crippen molar-refractivity contribution in [3.63, 3.8) is 0 Å². The van der Waals surface area contributed by atoms with Gasteiger partial charge in [0.2, 0.25) is 0 Å². The number of methoxy groups -OCH3 is 1. The van der Waals surface area contributed by atoms with Gasteiger partial charge in [-0.15, -0.1) is 0 Å². The maximum atomic E-state index is 5.36. The van der Waals surface area contributed by atoms with Gasteiger partial charge in [-0.3, -0.25) is 0 Å². The third kappa shape index (κ3) is 4.32. The van der Waals surface area contributed by atoms with Crippen LogP contribution in [0.4, 0.5) is 0 Å². The second-order valence-corrected chi connectivity index (χ2v) is 6.14. The molecule has 112 valence electrons. The molecule has 21 heavy (non-hydrogen) atoms. The Balaban J connectivity index is 2.41. The molecule has 0 saturated heterocycles. The zero-order valence-corrected chi connectivity index (χ0v) is 14.4. The molecular weight excluding hydrogens is 326 g/mol. The van der Waals surface area contributed by atoms with E-state index in [0.717, 1.165) is 23.2 Å². The van der Waals surface area contributed by atoms with E-state index < -0.39 is 0 Å². The topological polar surface area (TPSA) is 21.3 Å². The zero-order chi connectivity index (χ0) is 15.2. The molecule has 2 rings (SSSR count). The molecular formula is C18H22BrNO. The molecule has 0 saturated carbocycles. The van der Waals surface area contributed by atoms with Gasteiger partial charge in [0.25, 0.3) is 0 Å². The normalized spacial score (nSPS) is 12.2. The third-order valence-corrected chi connectivity index (χ3v) is 3.88. The van der Waals surface area contributed by atoms with Gasteiger partial charge in [-0.2, -0.15) is 0 Å². The van der Waals surface area contributed by atoms with Gasteiger partial charge in [-0.25, -0.2) is 0 Å². The van der Waals surface area contributed by atoms with Gasteiger partial charge >= 0.3 is 0 Å². The van der Waals surface area contributed by atoms with E-state index in [0.29, 0.717) is 0 Å². The first kappa shape index (κ1) is 16.1. The van der Waals surface area contributed by atoms with Crippen molar-refractivity contribution in [2.24, 2.45) is 0 Å². The minimum atomic E-state index is 0.177. The van der Waals surface area contributed by atoms with E-state index in [1.807, 2.05) is 12.1 Å². The van der Waals surface area contributed by atoms with E-state index in [-0.39, 0.29) is 6.04 Å². The van der Waals surface area contributed by atoms with Crippen LogP contribution >= 0.6 is 15.9 Å². The third-order valence-electron chi connectivity index (χ3n) is 3.42. The lowest BCUT2D eigenvalue weighted by molar-refractivity contribution is 0.413. The lowest BCUT2D eigenvalue weighted by Gasteiger charge is -2.21. The van der Waals surface area contributed by atoms with Gasteiger partial charge < -0.3 is 10.1 Å². The fourth-order valence-corrected chi connectivity index (χ4v) is 3.09. The lowest BCUT2D eigenvalue weighted by atomic mass is 9.97. The summed E-state index contributed by atoms with van der Waals surface area (Å²) in [6.45, 7) is 5.28. The number of ether oxygens (including phenoxy) is 1. The molecule has 0 aliphatic carbocycles. The Hall–Kier alpha value is -1.32. The summed E-state index contributed by atoms with van der Waals surface area (Å²) in [6.07, 6.45) is 1.10. The second kappa shape index (κ2) is 7.62. The molecule has 0 aliphatic heterocycles. The Morgan fingerprint density at radius 1 is 1.14 bits per heavy atom. The van der Waals surface area contributed by atoms with Crippen LogP contribution < -0.4 is 10.1 Å². The van der Waals surface area contributed by atoms with Crippen molar-refractivity contribution in [1.29, 1.82) is 0 Å². The molecule has 0 aliphatic rings. The van der Waals surface area contributed by atoms with Crippen molar-refractivity contribution in [3.05, 3.63) is 63.6 Å². The molecule has 0 aromatic heterocycles. The Bertz CT molecular complexity index is 577. The number of rotatable bonds is 6. The average molecular weight is 348 g/mol. The molecule has 1 N–H and O–H groups in total. The highest BCUT2D eigenvalue weighted by molar-refractivity contribution is 9.10. The SMILES string of the molecule is CCCNC(c1cc(C)cc(Br)c1)c1cccc(OC)c1. The predicted molar refractivity (Wildman–Crippen MR) is 92.0 cm³/mol. The lowest BCUT2D eigenvalue weighted by Crippen LogP contribution is -2.23. The number of aryl methyl sites for hydroxylation is 1. The summed E-state index contributed by atoms with van der Waals surface area (Å²) in [5, 5.41) is 3.63. The number of nitrogens with one attached hydrogen (secondary N) is 1. The monoisotopic (exact) mass is 347 g/mol. The van der Waals surface area contributed by atoms with Crippen LogP contribution in [-0.2, 0) is 0 Å². The predicted octanol–water partition coefficient (Wildman–Crippen LogP) is 4.86. The van der Waals surface area contributed by atoms with Gasteiger partial charge in [-0.1, -0.05) is 41.1 Å². The van der Waals surface area contributed by atoms with E-state index >= 15 is 0 Å². The van der Waals surface area contributed by atoms with Crippen LogP contribution in [0.5, 0.6) is 5.75 Å². The fourth-order valence-electron chi connectivity index (χ4n) is 2.47. The Kier molecular flexibility index (Phi) is 5.83. The molecule has 2 aromatic carbocycles. The smallest absolute Gasteiger partial charge is 0.119 e. The van der Waals surface area contributed by atoms with Crippen molar-refractivity contribution < 1.29 is 4.74 Å².